The minimum absolute atomic E-state index is 0.169. The van der Waals surface area contributed by atoms with E-state index in [9.17, 15) is 4.79 Å². The average molecular weight is 503 g/mol. The fourth-order valence-electron chi connectivity index (χ4n) is 4.25. The van der Waals surface area contributed by atoms with Gasteiger partial charge in [0, 0.05) is 15.9 Å². The van der Waals surface area contributed by atoms with E-state index in [4.69, 9.17) is 9.72 Å². The van der Waals surface area contributed by atoms with Gasteiger partial charge in [0.05, 0.1) is 29.3 Å². The van der Waals surface area contributed by atoms with E-state index in [1.807, 2.05) is 86.6 Å². The smallest absolute Gasteiger partial charge is 0.255 e. The number of anilines is 2. The Kier molecular flexibility index (Phi) is 5.64. The van der Waals surface area contributed by atoms with Crippen molar-refractivity contribution in [3.8, 4) is 5.75 Å². The van der Waals surface area contributed by atoms with E-state index < -0.39 is 0 Å². The second kappa shape index (κ2) is 8.75. The van der Waals surface area contributed by atoms with Gasteiger partial charge in [0.25, 0.3) is 5.91 Å². The summed E-state index contributed by atoms with van der Waals surface area (Å²) in [6, 6.07) is 23.1. The van der Waals surface area contributed by atoms with Crippen LogP contribution in [0.1, 0.15) is 25.5 Å². The number of benzene rings is 3. The van der Waals surface area contributed by atoms with Crippen LogP contribution in [0.3, 0.4) is 0 Å². The zero-order valence-corrected chi connectivity index (χ0v) is 19.9. The summed E-state index contributed by atoms with van der Waals surface area (Å²) in [7, 11) is 0. The van der Waals surface area contributed by atoms with Crippen LogP contribution in [0.5, 0.6) is 5.75 Å². The summed E-state index contributed by atoms with van der Waals surface area (Å²) >= 11 is 3.59. The number of aromatic nitrogens is 2. The molecule has 5 rings (SSSR count). The highest BCUT2D eigenvalue weighted by molar-refractivity contribution is 9.10. The third-order valence-electron chi connectivity index (χ3n) is 5.66. The maximum absolute atomic E-state index is 13.6. The molecule has 1 amide bonds. The average Bonchev–Trinajstić information content (AvgIpc) is 3.17. The van der Waals surface area contributed by atoms with Gasteiger partial charge < -0.3 is 15.4 Å². The molecule has 3 aromatic carbocycles. The molecule has 0 fully saturated rings. The van der Waals surface area contributed by atoms with E-state index in [0.29, 0.717) is 17.9 Å². The van der Waals surface area contributed by atoms with Crippen molar-refractivity contribution in [2.45, 2.75) is 19.9 Å². The predicted molar refractivity (Wildman–Crippen MR) is 135 cm³/mol. The second-order valence-electron chi connectivity index (χ2n) is 7.83. The number of hydrogen-bond acceptors (Lipinski definition) is 4. The third-order valence-corrected chi connectivity index (χ3v) is 6.16. The number of para-hydroxylation sites is 2. The lowest BCUT2D eigenvalue weighted by atomic mass is 9.94. The number of imidazole rings is 1. The Bertz CT molecular complexity index is 1370. The highest BCUT2D eigenvalue weighted by atomic mass is 79.9. The van der Waals surface area contributed by atoms with Gasteiger partial charge in [-0.05, 0) is 67.9 Å². The van der Waals surface area contributed by atoms with Crippen LogP contribution in [0.15, 0.2) is 88.5 Å². The van der Waals surface area contributed by atoms with Crippen LogP contribution in [0, 0.1) is 0 Å². The number of carbonyl (C=O) groups excluding carboxylic acids is 1. The molecule has 4 aromatic rings. The Morgan fingerprint density at radius 3 is 2.67 bits per heavy atom. The third kappa shape index (κ3) is 4.00. The van der Waals surface area contributed by atoms with Gasteiger partial charge in [-0.15, -0.1) is 0 Å². The van der Waals surface area contributed by atoms with Crippen molar-refractivity contribution in [3.05, 3.63) is 94.1 Å². The molecule has 166 valence electrons. The van der Waals surface area contributed by atoms with Gasteiger partial charge in [-0.25, -0.2) is 4.98 Å². The Hall–Kier alpha value is -3.58. The molecule has 1 aliphatic rings. The Morgan fingerprint density at radius 1 is 1.12 bits per heavy atom. The summed E-state index contributed by atoms with van der Waals surface area (Å²) in [5.74, 6) is 1.32. The van der Waals surface area contributed by atoms with Crippen LogP contribution in [0.25, 0.3) is 11.0 Å². The van der Waals surface area contributed by atoms with Gasteiger partial charge in [-0.2, -0.15) is 0 Å². The first-order valence-corrected chi connectivity index (χ1v) is 11.6. The summed E-state index contributed by atoms with van der Waals surface area (Å²) in [4.78, 5) is 18.4. The number of carbonyl (C=O) groups is 1. The molecular formula is C26H23BrN4O2. The van der Waals surface area contributed by atoms with Crippen LogP contribution < -0.4 is 15.4 Å². The van der Waals surface area contributed by atoms with E-state index in [1.54, 1.807) is 0 Å². The zero-order chi connectivity index (χ0) is 22.9. The lowest BCUT2D eigenvalue weighted by Crippen LogP contribution is -2.30. The number of nitrogens with one attached hydrogen (secondary N) is 2. The summed E-state index contributed by atoms with van der Waals surface area (Å²) in [6.45, 7) is 4.46. The van der Waals surface area contributed by atoms with Crippen LogP contribution in [-0.2, 0) is 4.79 Å². The number of ether oxygens (including phenoxy) is 1. The molecule has 1 aliphatic heterocycles. The summed E-state index contributed by atoms with van der Waals surface area (Å²) in [5.41, 5.74) is 4.94. The molecule has 0 spiro atoms. The fraction of sp³-hybridized carbons (Fsp3) is 0.154. The number of allylic oxidation sites excluding steroid dienone is 1. The molecule has 0 saturated carbocycles. The number of amides is 1. The Morgan fingerprint density at radius 2 is 1.91 bits per heavy atom. The standard InChI is InChI=1S/C26H23BrN4O2/c1-3-33-20-13-11-19(12-14-20)29-25(32)23-16(2)28-26-30-21-9-4-5-10-22(21)31(26)24(23)17-7-6-8-18(27)15-17/h4-15,24H,3H2,1-2H3,(H,28,30)(H,29,32). The van der Waals surface area contributed by atoms with E-state index in [-0.39, 0.29) is 11.9 Å². The van der Waals surface area contributed by atoms with E-state index in [1.165, 1.54) is 0 Å². The van der Waals surface area contributed by atoms with Crippen LogP contribution >= 0.6 is 15.9 Å². The highest BCUT2D eigenvalue weighted by Crippen LogP contribution is 2.40. The molecule has 2 heterocycles. The van der Waals surface area contributed by atoms with Gasteiger partial charge >= 0.3 is 0 Å². The molecule has 33 heavy (non-hydrogen) atoms. The first-order valence-electron chi connectivity index (χ1n) is 10.8. The van der Waals surface area contributed by atoms with Crippen molar-refractivity contribution in [3.63, 3.8) is 0 Å². The van der Waals surface area contributed by atoms with Crippen molar-refractivity contribution in [1.82, 2.24) is 9.55 Å². The SMILES string of the molecule is CCOc1ccc(NC(=O)C2=C(C)Nc3nc4ccccc4n3C2c2cccc(Br)c2)cc1. The minimum atomic E-state index is -0.339. The molecule has 6 nitrogen and oxygen atoms in total. The van der Waals surface area contributed by atoms with Crippen LogP contribution in [-0.4, -0.2) is 22.1 Å². The molecular weight excluding hydrogens is 480 g/mol. The lowest BCUT2D eigenvalue weighted by molar-refractivity contribution is -0.113. The maximum Gasteiger partial charge on any atom is 0.255 e. The second-order valence-corrected chi connectivity index (χ2v) is 8.74. The Balaban J connectivity index is 1.59. The van der Waals surface area contributed by atoms with Crippen molar-refractivity contribution in [2.24, 2.45) is 0 Å². The van der Waals surface area contributed by atoms with Crippen LogP contribution in [0.2, 0.25) is 0 Å². The number of nitrogens with zero attached hydrogens (tertiary/aromatic N) is 2. The minimum Gasteiger partial charge on any atom is -0.494 e. The van der Waals surface area contributed by atoms with Gasteiger partial charge in [-0.1, -0.05) is 40.2 Å². The molecule has 0 saturated heterocycles. The Labute approximate surface area is 200 Å². The topological polar surface area (TPSA) is 68.2 Å². The van der Waals surface area contributed by atoms with E-state index in [0.717, 1.165) is 38.5 Å². The van der Waals surface area contributed by atoms with Gasteiger partial charge in [0.15, 0.2) is 0 Å². The number of halogens is 1. The number of hydrogen-bond donors (Lipinski definition) is 2. The van der Waals surface area contributed by atoms with Crippen molar-refractivity contribution < 1.29 is 9.53 Å². The molecule has 0 bridgehead atoms. The van der Waals surface area contributed by atoms with Crippen molar-refractivity contribution in [1.29, 1.82) is 0 Å². The molecule has 1 aromatic heterocycles. The van der Waals surface area contributed by atoms with Gasteiger partial charge in [0.2, 0.25) is 5.95 Å². The molecule has 0 radical (unpaired) electrons. The highest BCUT2D eigenvalue weighted by Gasteiger charge is 2.34. The molecule has 1 atom stereocenters. The van der Waals surface area contributed by atoms with Gasteiger partial charge in [-0.3, -0.25) is 9.36 Å². The number of fused-ring (bicyclic) bond motifs is 3. The first-order chi connectivity index (χ1) is 16.0. The maximum atomic E-state index is 13.6. The normalized spacial score (nSPS) is 15.2. The van der Waals surface area contributed by atoms with E-state index >= 15 is 0 Å². The fourth-order valence-corrected chi connectivity index (χ4v) is 4.67. The predicted octanol–water partition coefficient (Wildman–Crippen LogP) is 6.13. The zero-order valence-electron chi connectivity index (χ0n) is 18.3. The summed E-state index contributed by atoms with van der Waals surface area (Å²) in [6.07, 6.45) is 0. The largest absolute Gasteiger partial charge is 0.494 e. The van der Waals surface area contributed by atoms with Crippen LogP contribution in [0.4, 0.5) is 11.6 Å². The molecule has 7 heteroatoms. The lowest BCUT2D eigenvalue weighted by Gasteiger charge is -2.31. The number of rotatable bonds is 5. The summed E-state index contributed by atoms with van der Waals surface area (Å²) in [5, 5.41) is 6.40. The molecule has 0 aliphatic carbocycles. The van der Waals surface area contributed by atoms with E-state index in [2.05, 4.69) is 31.1 Å². The first kappa shape index (κ1) is 21.3. The van der Waals surface area contributed by atoms with Crippen molar-refractivity contribution in [2.75, 3.05) is 17.2 Å². The molecule has 2 N–H and O–H groups in total. The monoisotopic (exact) mass is 502 g/mol. The molecule has 1 unspecified atom stereocenters. The van der Waals surface area contributed by atoms with Crippen molar-refractivity contribution >= 4 is 44.5 Å². The quantitative estimate of drug-likeness (QED) is 0.344. The summed E-state index contributed by atoms with van der Waals surface area (Å²) < 4.78 is 8.56. The van der Waals surface area contributed by atoms with Gasteiger partial charge in [0.1, 0.15) is 5.75 Å².